The van der Waals surface area contributed by atoms with Gasteiger partial charge < -0.3 is 4.74 Å². The van der Waals surface area contributed by atoms with Gasteiger partial charge in [0.15, 0.2) is 0 Å². The SMILES string of the molecule is COc1ccc2c(c1)C(=S=NS(=O)(=O)c1ccc(C)cc1)c1ccccc1-2. The summed E-state index contributed by atoms with van der Waals surface area (Å²) in [4.78, 5) is 1.01. The van der Waals surface area contributed by atoms with Crippen LogP contribution in [0.5, 0.6) is 5.75 Å². The molecule has 0 unspecified atom stereocenters. The molecule has 0 fully saturated rings. The summed E-state index contributed by atoms with van der Waals surface area (Å²) in [7, 11) is -2.14. The molecule has 0 radical (unpaired) electrons. The Bertz CT molecular complexity index is 1210. The van der Waals surface area contributed by atoms with Gasteiger partial charge in [0.2, 0.25) is 0 Å². The van der Waals surface area contributed by atoms with E-state index in [0.29, 0.717) is 0 Å². The van der Waals surface area contributed by atoms with Crippen LogP contribution < -0.4 is 4.74 Å². The van der Waals surface area contributed by atoms with E-state index < -0.39 is 10.0 Å². The summed E-state index contributed by atoms with van der Waals surface area (Å²) in [6.07, 6.45) is 0. The van der Waals surface area contributed by atoms with Crippen molar-refractivity contribution >= 4 is 26.0 Å². The molecule has 3 aromatic rings. The van der Waals surface area contributed by atoms with Crippen LogP contribution in [0, 0.1) is 6.92 Å². The Morgan fingerprint density at radius 1 is 0.852 bits per heavy atom. The molecule has 0 atom stereocenters. The Hall–Kier alpha value is -2.70. The number of rotatable bonds is 3. The second-order valence-electron chi connectivity index (χ2n) is 6.24. The maximum absolute atomic E-state index is 12.6. The van der Waals surface area contributed by atoms with E-state index >= 15 is 0 Å². The minimum absolute atomic E-state index is 0.193. The highest BCUT2D eigenvalue weighted by atomic mass is 32.2. The fraction of sp³-hybridized carbons (Fsp3) is 0.0952. The van der Waals surface area contributed by atoms with E-state index in [2.05, 4.69) is 3.77 Å². The van der Waals surface area contributed by atoms with Crippen LogP contribution in [0.15, 0.2) is 75.4 Å². The molecule has 0 heterocycles. The van der Waals surface area contributed by atoms with Gasteiger partial charge in [0.05, 0.1) is 16.9 Å². The topological polar surface area (TPSA) is 55.7 Å². The first-order chi connectivity index (χ1) is 13.0. The zero-order chi connectivity index (χ0) is 19.0. The highest BCUT2D eigenvalue weighted by Gasteiger charge is 2.24. The molecule has 0 aromatic heterocycles. The predicted molar refractivity (Wildman–Crippen MR) is 110 cm³/mol. The number of hydrogen-bond acceptors (Lipinski definition) is 3. The smallest absolute Gasteiger partial charge is 0.292 e. The van der Waals surface area contributed by atoms with Crippen LogP contribution in [0.3, 0.4) is 0 Å². The van der Waals surface area contributed by atoms with E-state index in [9.17, 15) is 8.42 Å². The number of hydrogen-bond donors (Lipinski definition) is 0. The Morgan fingerprint density at radius 2 is 1.52 bits per heavy atom. The molecule has 1 aliphatic rings. The molecule has 27 heavy (non-hydrogen) atoms. The van der Waals surface area contributed by atoms with E-state index in [-0.39, 0.29) is 4.90 Å². The lowest BCUT2D eigenvalue weighted by Crippen LogP contribution is -2.00. The van der Waals surface area contributed by atoms with Crippen molar-refractivity contribution in [3.05, 3.63) is 83.4 Å². The maximum Gasteiger partial charge on any atom is 0.292 e. The average Bonchev–Trinajstić information content (AvgIpc) is 2.99. The second-order valence-corrected chi connectivity index (χ2v) is 8.85. The van der Waals surface area contributed by atoms with Crippen LogP contribution in [0.1, 0.15) is 16.7 Å². The van der Waals surface area contributed by atoms with Crippen molar-refractivity contribution in [3.8, 4) is 16.9 Å². The minimum Gasteiger partial charge on any atom is -0.497 e. The van der Waals surface area contributed by atoms with Crippen LogP contribution in [-0.2, 0) is 21.2 Å². The molecular weight excluding hydrogens is 378 g/mol. The monoisotopic (exact) mass is 395 g/mol. The number of methoxy groups -OCH3 is 1. The third kappa shape index (κ3) is 3.22. The van der Waals surface area contributed by atoms with E-state index in [1.54, 1.807) is 31.4 Å². The number of benzene rings is 3. The van der Waals surface area contributed by atoms with E-state index in [0.717, 1.165) is 49.6 Å². The van der Waals surface area contributed by atoms with Crippen molar-refractivity contribution in [2.75, 3.05) is 7.11 Å². The highest BCUT2D eigenvalue weighted by molar-refractivity contribution is 7.95. The van der Waals surface area contributed by atoms with E-state index in [1.165, 1.54) is 0 Å². The third-order valence-electron chi connectivity index (χ3n) is 4.48. The number of fused-ring (bicyclic) bond motifs is 3. The molecule has 6 heteroatoms. The molecule has 136 valence electrons. The first kappa shape index (κ1) is 17.7. The van der Waals surface area contributed by atoms with Gasteiger partial charge in [0.1, 0.15) is 5.75 Å². The summed E-state index contributed by atoms with van der Waals surface area (Å²) < 4.78 is 34.6. The molecule has 4 nitrogen and oxygen atoms in total. The van der Waals surface area contributed by atoms with Gasteiger partial charge in [-0.3, -0.25) is 0 Å². The molecule has 0 spiro atoms. The van der Waals surface area contributed by atoms with Gasteiger partial charge in [-0.1, -0.05) is 51.8 Å². The molecule has 0 bridgehead atoms. The van der Waals surface area contributed by atoms with Gasteiger partial charge in [-0.05, 0) is 53.5 Å². The first-order valence-electron chi connectivity index (χ1n) is 8.36. The minimum atomic E-state index is -3.75. The Morgan fingerprint density at radius 3 is 2.22 bits per heavy atom. The van der Waals surface area contributed by atoms with Gasteiger partial charge >= 0.3 is 0 Å². The number of sulfonamides is 1. The molecular formula is C21H17NO3S2. The standard InChI is InChI=1S/C21H17NO3S2/c1-14-7-10-16(11-8-14)27(23,24)22-26-21-19-6-4-3-5-17(19)18-12-9-15(25-2)13-20(18)21/h3-13H,1-2H3. The molecule has 4 rings (SSSR count). The van der Waals surface area contributed by atoms with Crippen LogP contribution >= 0.6 is 0 Å². The van der Waals surface area contributed by atoms with Gasteiger partial charge in [0, 0.05) is 11.1 Å². The van der Waals surface area contributed by atoms with Crippen molar-refractivity contribution in [2.45, 2.75) is 11.8 Å². The van der Waals surface area contributed by atoms with Crippen molar-refractivity contribution in [2.24, 2.45) is 3.77 Å². The van der Waals surface area contributed by atoms with Gasteiger partial charge in [-0.15, -0.1) is 0 Å². The van der Waals surface area contributed by atoms with Crippen LogP contribution in [0.4, 0.5) is 0 Å². The molecule has 3 aromatic carbocycles. The van der Waals surface area contributed by atoms with E-state index in [4.69, 9.17) is 4.74 Å². The summed E-state index contributed by atoms with van der Waals surface area (Å²) in [5.41, 5.74) is 5.04. The summed E-state index contributed by atoms with van der Waals surface area (Å²) in [6.45, 7) is 1.91. The van der Waals surface area contributed by atoms with Crippen molar-refractivity contribution in [1.82, 2.24) is 0 Å². The van der Waals surface area contributed by atoms with Crippen LogP contribution in [0.2, 0.25) is 0 Å². The fourth-order valence-corrected chi connectivity index (χ4v) is 5.13. The lowest BCUT2D eigenvalue weighted by Gasteiger charge is -2.03. The Kier molecular flexibility index (Phi) is 4.45. The summed E-state index contributed by atoms with van der Waals surface area (Å²) in [5, 5.41) is 0. The van der Waals surface area contributed by atoms with Gasteiger partial charge in [-0.25, -0.2) is 0 Å². The first-order valence-corrected chi connectivity index (χ1v) is 10.6. The second kappa shape index (κ2) is 6.79. The van der Waals surface area contributed by atoms with Crippen molar-refractivity contribution < 1.29 is 13.2 Å². The fourth-order valence-electron chi connectivity index (χ4n) is 3.07. The molecule has 0 aliphatic heterocycles. The number of aryl methyl sites for hydroxylation is 1. The Balaban J connectivity index is 1.90. The normalized spacial score (nSPS) is 12.3. The molecule has 0 amide bonds. The largest absolute Gasteiger partial charge is 0.497 e. The highest BCUT2D eigenvalue weighted by Crippen LogP contribution is 2.38. The molecule has 0 N–H and O–H groups in total. The average molecular weight is 396 g/mol. The molecule has 1 aliphatic carbocycles. The summed E-state index contributed by atoms with van der Waals surface area (Å²) >= 11 is 0.993. The number of nitrogens with zero attached hydrogens (tertiary/aromatic N) is 1. The van der Waals surface area contributed by atoms with Crippen LogP contribution in [0.25, 0.3) is 11.1 Å². The zero-order valence-electron chi connectivity index (χ0n) is 14.8. The maximum atomic E-state index is 12.6. The third-order valence-corrected chi connectivity index (χ3v) is 7.05. The van der Waals surface area contributed by atoms with E-state index in [1.807, 2.05) is 49.4 Å². The quantitative estimate of drug-likeness (QED) is 0.488. The predicted octanol–water partition coefficient (Wildman–Crippen LogP) is 4.21. The Labute approximate surface area is 162 Å². The van der Waals surface area contributed by atoms with Gasteiger partial charge in [0.25, 0.3) is 10.0 Å². The van der Waals surface area contributed by atoms with Gasteiger partial charge in [-0.2, -0.15) is 8.42 Å². The number of ether oxygens (including phenoxy) is 1. The summed E-state index contributed by atoms with van der Waals surface area (Å²) in [5.74, 6) is 0.723. The zero-order valence-corrected chi connectivity index (χ0v) is 16.5. The van der Waals surface area contributed by atoms with Crippen molar-refractivity contribution in [3.63, 3.8) is 0 Å². The lowest BCUT2D eigenvalue weighted by atomic mass is 10.1. The molecule has 0 saturated carbocycles. The van der Waals surface area contributed by atoms with Crippen LogP contribution in [-0.4, -0.2) is 20.4 Å². The van der Waals surface area contributed by atoms with Crippen molar-refractivity contribution in [1.29, 1.82) is 0 Å². The summed E-state index contributed by atoms with van der Waals surface area (Å²) in [6, 6.07) is 20.5. The molecule has 0 saturated heterocycles. The lowest BCUT2D eigenvalue weighted by molar-refractivity contribution is 0.415.